The lowest BCUT2D eigenvalue weighted by atomic mass is 9.97. The topological polar surface area (TPSA) is 43.6 Å². The fraction of sp³-hybridized carbons (Fsp3) is 0. The van der Waals surface area contributed by atoms with E-state index in [0.29, 0.717) is 17.6 Å². The highest BCUT2D eigenvalue weighted by molar-refractivity contribution is 7.25. The van der Waals surface area contributed by atoms with Crippen LogP contribution >= 0.6 is 11.3 Å². The van der Waals surface area contributed by atoms with Crippen molar-refractivity contribution in [3.63, 3.8) is 0 Å². The monoisotopic (exact) mass is 732 g/mol. The third-order valence-corrected chi connectivity index (χ3v) is 11.8. The molecule has 11 rings (SSSR count). The zero-order valence-electron chi connectivity index (χ0n) is 30.2. The molecule has 4 nitrogen and oxygen atoms in total. The highest BCUT2D eigenvalue weighted by atomic mass is 32.1. The molecule has 5 heteroatoms. The molecule has 0 unspecified atom stereocenters. The van der Waals surface area contributed by atoms with Gasteiger partial charge in [0, 0.05) is 42.1 Å². The standard InChI is InChI=1S/C51H32N4S/c1-3-12-33(13-4-1)39-27-29-47-44(31-39)43-28-26-40(32-48(43)56-47)38-17-11-16-37(30-38)34-22-24-36(25-23-34)50-52-49(35-14-5-2-6-15-35)53-51(54-50)55-45-20-9-7-18-41(45)42-19-8-10-21-46(42)55/h1-32H. The maximum atomic E-state index is 5.13. The minimum Gasteiger partial charge on any atom is -0.278 e. The second-order valence-corrected chi connectivity index (χ2v) is 15.2. The number of aromatic nitrogens is 4. The maximum Gasteiger partial charge on any atom is 0.238 e. The first-order valence-corrected chi connectivity index (χ1v) is 19.6. The smallest absolute Gasteiger partial charge is 0.238 e. The van der Waals surface area contributed by atoms with E-state index in [1.54, 1.807) is 0 Å². The van der Waals surface area contributed by atoms with Crippen molar-refractivity contribution in [1.82, 2.24) is 19.5 Å². The number of benzene rings is 8. The van der Waals surface area contributed by atoms with E-state index in [-0.39, 0.29) is 0 Å². The molecule has 0 saturated heterocycles. The summed E-state index contributed by atoms with van der Waals surface area (Å²) in [6.45, 7) is 0. The zero-order chi connectivity index (χ0) is 37.0. The Morgan fingerprint density at radius 2 is 0.786 bits per heavy atom. The van der Waals surface area contributed by atoms with Gasteiger partial charge >= 0.3 is 0 Å². The summed E-state index contributed by atoms with van der Waals surface area (Å²) < 4.78 is 4.76. The molecule has 0 aliphatic carbocycles. The Kier molecular flexibility index (Phi) is 7.64. The lowest BCUT2D eigenvalue weighted by Crippen LogP contribution is -2.06. The Balaban J connectivity index is 0.952. The summed E-state index contributed by atoms with van der Waals surface area (Å²) in [5, 5.41) is 4.94. The average molecular weight is 733 g/mol. The molecule has 0 aliphatic heterocycles. The van der Waals surface area contributed by atoms with Gasteiger partial charge in [-0.25, -0.2) is 4.98 Å². The van der Waals surface area contributed by atoms with Crippen LogP contribution in [0.15, 0.2) is 194 Å². The zero-order valence-corrected chi connectivity index (χ0v) is 31.0. The third kappa shape index (κ3) is 5.56. The van der Waals surface area contributed by atoms with Gasteiger partial charge in [-0.2, -0.15) is 9.97 Å². The molecule has 0 radical (unpaired) electrons. The van der Waals surface area contributed by atoms with E-state index < -0.39 is 0 Å². The number of fused-ring (bicyclic) bond motifs is 6. The second-order valence-electron chi connectivity index (χ2n) is 14.1. The Labute approximate surface area is 327 Å². The fourth-order valence-electron chi connectivity index (χ4n) is 7.91. The van der Waals surface area contributed by atoms with Gasteiger partial charge in [0.2, 0.25) is 5.95 Å². The SMILES string of the molecule is c1ccc(-c2ccc3sc4cc(-c5cccc(-c6ccc(-c7nc(-c8ccccc8)nc(-n8c9ccccc9c9ccccc98)n7)cc6)c5)ccc4c3c2)cc1. The first-order valence-electron chi connectivity index (χ1n) is 18.8. The van der Waals surface area contributed by atoms with Crippen LogP contribution in [0.3, 0.4) is 0 Å². The molecule has 3 heterocycles. The van der Waals surface area contributed by atoms with Crippen LogP contribution in [-0.2, 0) is 0 Å². The van der Waals surface area contributed by atoms with Gasteiger partial charge in [-0.15, -0.1) is 11.3 Å². The maximum absolute atomic E-state index is 5.13. The van der Waals surface area contributed by atoms with Gasteiger partial charge in [-0.3, -0.25) is 4.57 Å². The number of hydrogen-bond acceptors (Lipinski definition) is 4. The Morgan fingerprint density at radius 3 is 1.48 bits per heavy atom. The summed E-state index contributed by atoms with van der Waals surface area (Å²) in [5.41, 5.74) is 11.2. The van der Waals surface area contributed by atoms with Crippen LogP contribution in [-0.4, -0.2) is 19.5 Å². The van der Waals surface area contributed by atoms with Crippen LogP contribution in [0.25, 0.3) is 104 Å². The Bertz CT molecular complexity index is 3180. The van der Waals surface area contributed by atoms with Gasteiger partial charge in [0.25, 0.3) is 0 Å². The number of para-hydroxylation sites is 2. The predicted octanol–water partition coefficient (Wildman–Crippen LogP) is 13.7. The van der Waals surface area contributed by atoms with Crippen molar-refractivity contribution in [3.05, 3.63) is 194 Å². The number of thiophene rings is 1. The highest BCUT2D eigenvalue weighted by Crippen LogP contribution is 2.39. The van der Waals surface area contributed by atoms with Gasteiger partial charge in [0.15, 0.2) is 11.6 Å². The first-order chi connectivity index (χ1) is 27.7. The molecule has 3 aromatic heterocycles. The van der Waals surface area contributed by atoms with Crippen LogP contribution in [0.2, 0.25) is 0 Å². The lowest BCUT2D eigenvalue weighted by molar-refractivity contribution is 0.953. The summed E-state index contributed by atoms with van der Waals surface area (Å²) in [4.78, 5) is 15.2. The van der Waals surface area contributed by atoms with Crippen molar-refractivity contribution in [2.45, 2.75) is 0 Å². The molecule has 0 spiro atoms. The summed E-state index contributed by atoms with van der Waals surface area (Å²) in [5.74, 6) is 1.86. The minimum atomic E-state index is 0.593. The summed E-state index contributed by atoms with van der Waals surface area (Å²) in [6, 6.07) is 68.7. The van der Waals surface area contributed by atoms with E-state index in [2.05, 4.69) is 168 Å². The molecular formula is C51H32N4S. The summed E-state index contributed by atoms with van der Waals surface area (Å²) in [6.07, 6.45) is 0. The van der Waals surface area contributed by atoms with E-state index in [4.69, 9.17) is 15.0 Å². The third-order valence-electron chi connectivity index (χ3n) is 10.7. The van der Waals surface area contributed by atoms with E-state index >= 15 is 0 Å². The van der Waals surface area contributed by atoms with Crippen LogP contribution in [0.4, 0.5) is 0 Å². The van der Waals surface area contributed by atoms with Crippen molar-refractivity contribution in [2.75, 3.05) is 0 Å². The normalized spacial score (nSPS) is 11.6. The molecule has 11 aromatic rings. The molecule has 56 heavy (non-hydrogen) atoms. The molecule has 0 amide bonds. The van der Waals surface area contributed by atoms with Crippen LogP contribution in [0.5, 0.6) is 0 Å². The number of hydrogen-bond donors (Lipinski definition) is 0. The van der Waals surface area contributed by atoms with Crippen molar-refractivity contribution in [3.8, 4) is 62.1 Å². The minimum absolute atomic E-state index is 0.593. The van der Waals surface area contributed by atoms with Crippen LogP contribution in [0.1, 0.15) is 0 Å². The van der Waals surface area contributed by atoms with Gasteiger partial charge in [-0.1, -0.05) is 158 Å². The van der Waals surface area contributed by atoms with Gasteiger partial charge < -0.3 is 0 Å². The van der Waals surface area contributed by atoms with Crippen LogP contribution < -0.4 is 0 Å². The van der Waals surface area contributed by atoms with Crippen molar-refractivity contribution in [2.24, 2.45) is 0 Å². The summed E-state index contributed by atoms with van der Waals surface area (Å²) >= 11 is 1.86. The van der Waals surface area contributed by atoms with E-state index in [1.807, 2.05) is 41.7 Å². The molecule has 8 aromatic carbocycles. The molecule has 262 valence electrons. The lowest BCUT2D eigenvalue weighted by Gasteiger charge is -2.11. The van der Waals surface area contributed by atoms with E-state index in [0.717, 1.165) is 33.3 Å². The Hall–Kier alpha value is -7.21. The second kappa shape index (κ2) is 13.3. The van der Waals surface area contributed by atoms with Gasteiger partial charge in [-0.05, 0) is 69.8 Å². The van der Waals surface area contributed by atoms with E-state index in [9.17, 15) is 0 Å². The van der Waals surface area contributed by atoms with Crippen LogP contribution in [0, 0.1) is 0 Å². The average Bonchev–Trinajstić information content (AvgIpc) is 3.82. The van der Waals surface area contributed by atoms with Gasteiger partial charge in [0.05, 0.1) is 11.0 Å². The van der Waals surface area contributed by atoms with Crippen molar-refractivity contribution >= 4 is 53.3 Å². The fourth-order valence-corrected chi connectivity index (χ4v) is 9.03. The molecule has 0 atom stereocenters. The van der Waals surface area contributed by atoms with Gasteiger partial charge in [0.1, 0.15) is 0 Å². The number of rotatable bonds is 6. The molecule has 0 N–H and O–H groups in total. The largest absolute Gasteiger partial charge is 0.278 e. The van der Waals surface area contributed by atoms with Crippen molar-refractivity contribution in [1.29, 1.82) is 0 Å². The molecular weight excluding hydrogens is 701 g/mol. The molecule has 0 aliphatic rings. The molecule has 0 saturated carbocycles. The summed E-state index contributed by atoms with van der Waals surface area (Å²) in [7, 11) is 0. The molecule has 0 bridgehead atoms. The molecule has 0 fully saturated rings. The first kappa shape index (κ1) is 32.2. The quantitative estimate of drug-likeness (QED) is 0.171. The Morgan fingerprint density at radius 1 is 0.304 bits per heavy atom. The van der Waals surface area contributed by atoms with Crippen molar-refractivity contribution < 1.29 is 0 Å². The highest BCUT2D eigenvalue weighted by Gasteiger charge is 2.18. The predicted molar refractivity (Wildman–Crippen MR) is 234 cm³/mol. The number of nitrogens with zero attached hydrogens (tertiary/aromatic N) is 4. The van der Waals surface area contributed by atoms with E-state index in [1.165, 1.54) is 53.2 Å².